The molecule has 2 heterocycles. The average molecular weight is 326 g/mol. The Morgan fingerprint density at radius 3 is 2.54 bits per heavy atom. The first-order chi connectivity index (χ1) is 11.7. The number of esters is 1. The molecule has 0 aliphatic carbocycles. The van der Waals surface area contributed by atoms with E-state index in [0.29, 0.717) is 25.3 Å². The fourth-order valence-corrected chi connectivity index (χ4v) is 3.08. The van der Waals surface area contributed by atoms with Crippen LogP contribution in [0, 0.1) is 5.92 Å². The number of likely N-dealkylation sites (tertiary alicyclic amines) is 1. The Kier molecular flexibility index (Phi) is 4.99. The van der Waals surface area contributed by atoms with Crippen molar-refractivity contribution in [3.8, 4) is 5.69 Å². The van der Waals surface area contributed by atoms with Crippen LogP contribution in [0.1, 0.15) is 30.1 Å². The second-order valence-corrected chi connectivity index (χ2v) is 5.98. The maximum absolute atomic E-state index is 12.7. The van der Waals surface area contributed by atoms with Crippen LogP contribution in [0.3, 0.4) is 0 Å². The van der Waals surface area contributed by atoms with Gasteiger partial charge in [0.05, 0.1) is 12.5 Å². The van der Waals surface area contributed by atoms with Crippen molar-refractivity contribution in [2.75, 3.05) is 19.7 Å². The number of carbonyl (C=O) groups is 2. The number of piperidine rings is 1. The molecular formula is C19H22N2O3. The molecule has 1 aromatic heterocycles. The summed E-state index contributed by atoms with van der Waals surface area (Å²) in [4.78, 5) is 26.4. The minimum absolute atomic E-state index is 0.0249. The van der Waals surface area contributed by atoms with Crippen LogP contribution >= 0.6 is 0 Å². The first kappa shape index (κ1) is 16.3. The van der Waals surface area contributed by atoms with Gasteiger partial charge in [0.2, 0.25) is 0 Å². The van der Waals surface area contributed by atoms with Crippen LogP contribution in [0.4, 0.5) is 0 Å². The van der Waals surface area contributed by atoms with E-state index in [0.717, 1.165) is 18.5 Å². The third-order valence-corrected chi connectivity index (χ3v) is 4.35. The molecule has 0 N–H and O–H groups in total. The standard InChI is InChI=1S/C19H22N2O3/c1-2-24-19(23)16-6-5-13-21(14-16)18(22)15-7-9-17(10-8-15)20-11-3-4-12-20/h3-4,7-12,16H,2,5-6,13-14H2,1H3/t16-/m0/s1. The van der Waals surface area contributed by atoms with Crippen LogP contribution in [0.25, 0.3) is 5.69 Å². The van der Waals surface area contributed by atoms with Crippen molar-refractivity contribution in [3.05, 3.63) is 54.4 Å². The van der Waals surface area contributed by atoms with Gasteiger partial charge in [0.15, 0.2) is 0 Å². The third kappa shape index (κ3) is 3.50. The summed E-state index contributed by atoms with van der Waals surface area (Å²) in [6.45, 7) is 3.31. The largest absolute Gasteiger partial charge is 0.466 e. The summed E-state index contributed by atoms with van der Waals surface area (Å²) >= 11 is 0. The first-order valence-corrected chi connectivity index (χ1v) is 8.38. The summed E-state index contributed by atoms with van der Waals surface area (Å²) in [6, 6.07) is 11.5. The van der Waals surface area contributed by atoms with Crippen molar-refractivity contribution in [1.29, 1.82) is 0 Å². The summed E-state index contributed by atoms with van der Waals surface area (Å²) in [5, 5.41) is 0. The molecule has 2 aromatic rings. The Balaban J connectivity index is 1.68. The van der Waals surface area contributed by atoms with E-state index < -0.39 is 0 Å². The van der Waals surface area contributed by atoms with Crippen LogP contribution in [0.5, 0.6) is 0 Å². The average Bonchev–Trinajstić information content (AvgIpc) is 3.16. The second-order valence-electron chi connectivity index (χ2n) is 5.98. The maximum Gasteiger partial charge on any atom is 0.310 e. The number of aromatic nitrogens is 1. The molecule has 0 radical (unpaired) electrons. The first-order valence-electron chi connectivity index (χ1n) is 8.38. The van der Waals surface area contributed by atoms with Crippen molar-refractivity contribution in [3.63, 3.8) is 0 Å². The van der Waals surface area contributed by atoms with Gasteiger partial charge in [-0.15, -0.1) is 0 Å². The molecule has 3 rings (SSSR count). The van der Waals surface area contributed by atoms with Crippen molar-refractivity contribution in [1.82, 2.24) is 9.47 Å². The predicted octanol–water partition coefficient (Wildman–Crippen LogP) is 2.89. The molecule has 1 fully saturated rings. The minimum Gasteiger partial charge on any atom is -0.466 e. The second kappa shape index (κ2) is 7.34. The molecular weight excluding hydrogens is 304 g/mol. The Bertz CT molecular complexity index is 692. The highest BCUT2D eigenvalue weighted by molar-refractivity contribution is 5.94. The topological polar surface area (TPSA) is 51.5 Å². The third-order valence-electron chi connectivity index (χ3n) is 4.35. The molecule has 1 aliphatic rings. The fraction of sp³-hybridized carbons (Fsp3) is 0.368. The van der Waals surface area contributed by atoms with Crippen LogP contribution in [-0.4, -0.2) is 41.0 Å². The summed E-state index contributed by atoms with van der Waals surface area (Å²) < 4.78 is 7.08. The van der Waals surface area contributed by atoms with Gasteiger partial charge in [-0.25, -0.2) is 0 Å². The normalized spacial score (nSPS) is 17.5. The van der Waals surface area contributed by atoms with Gasteiger partial charge in [-0.2, -0.15) is 0 Å². The Labute approximate surface area is 141 Å². The highest BCUT2D eigenvalue weighted by atomic mass is 16.5. The summed E-state index contributed by atoms with van der Waals surface area (Å²) in [7, 11) is 0. The predicted molar refractivity (Wildman–Crippen MR) is 91.0 cm³/mol. The lowest BCUT2D eigenvalue weighted by Gasteiger charge is -2.31. The van der Waals surface area contributed by atoms with Gasteiger partial charge in [0, 0.05) is 36.7 Å². The highest BCUT2D eigenvalue weighted by Gasteiger charge is 2.29. The van der Waals surface area contributed by atoms with E-state index in [-0.39, 0.29) is 17.8 Å². The molecule has 0 bridgehead atoms. The zero-order chi connectivity index (χ0) is 16.9. The number of benzene rings is 1. The molecule has 1 atom stereocenters. The van der Waals surface area contributed by atoms with Gasteiger partial charge >= 0.3 is 5.97 Å². The van der Waals surface area contributed by atoms with Gasteiger partial charge in [-0.3, -0.25) is 9.59 Å². The molecule has 0 unspecified atom stereocenters. The molecule has 24 heavy (non-hydrogen) atoms. The molecule has 5 heteroatoms. The maximum atomic E-state index is 12.7. The highest BCUT2D eigenvalue weighted by Crippen LogP contribution is 2.20. The quantitative estimate of drug-likeness (QED) is 0.812. The van der Waals surface area contributed by atoms with Gasteiger partial charge in [-0.05, 0) is 56.2 Å². The summed E-state index contributed by atoms with van der Waals surface area (Å²) in [5.74, 6) is -0.428. The minimum atomic E-state index is -0.207. The van der Waals surface area contributed by atoms with E-state index >= 15 is 0 Å². The van der Waals surface area contributed by atoms with Gasteiger partial charge in [0.1, 0.15) is 0 Å². The van der Waals surface area contributed by atoms with Crippen LogP contribution < -0.4 is 0 Å². The number of rotatable bonds is 4. The van der Waals surface area contributed by atoms with E-state index in [4.69, 9.17) is 4.74 Å². The lowest BCUT2D eigenvalue weighted by atomic mass is 9.97. The van der Waals surface area contributed by atoms with E-state index in [2.05, 4.69) is 0 Å². The number of hydrogen-bond acceptors (Lipinski definition) is 3. The fourth-order valence-electron chi connectivity index (χ4n) is 3.08. The van der Waals surface area contributed by atoms with Gasteiger partial charge in [-0.1, -0.05) is 0 Å². The zero-order valence-electron chi connectivity index (χ0n) is 13.9. The molecule has 1 aliphatic heterocycles. The van der Waals surface area contributed by atoms with Crippen LogP contribution in [0.2, 0.25) is 0 Å². The molecule has 1 amide bonds. The molecule has 0 spiro atoms. The Hall–Kier alpha value is -2.56. The molecule has 126 valence electrons. The number of amides is 1. The number of carbonyl (C=O) groups excluding carboxylic acids is 2. The van der Waals surface area contributed by atoms with Crippen molar-refractivity contribution < 1.29 is 14.3 Å². The summed E-state index contributed by atoms with van der Waals surface area (Å²) in [6.07, 6.45) is 5.54. The molecule has 1 aromatic carbocycles. The van der Waals surface area contributed by atoms with E-state index in [1.165, 1.54) is 0 Å². The van der Waals surface area contributed by atoms with Gasteiger partial charge < -0.3 is 14.2 Å². The Morgan fingerprint density at radius 1 is 1.17 bits per heavy atom. The SMILES string of the molecule is CCOC(=O)[C@H]1CCCN(C(=O)c2ccc(-n3cccc3)cc2)C1. The van der Waals surface area contributed by atoms with E-state index in [9.17, 15) is 9.59 Å². The van der Waals surface area contributed by atoms with Crippen LogP contribution in [0.15, 0.2) is 48.8 Å². The van der Waals surface area contributed by atoms with Crippen LogP contribution in [-0.2, 0) is 9.53 Å². The zero-order valence-corrected chi connectivity index (χ0v) is 13.9. The van der Waals surface area contributed by atoms with Crippen molar-refractivity contribution >= 4 is 11.9 Å². The monoisotopic (exact) mass is 326 g/mol. The van der Waals surface area contributed by atoms with Gasteiger partial charge in [0.25, 0.3) is 5.91 Å². The molecule has 1 saturated heterocycles. The summed E-state index contributed by atoms with van der Waals surface area (Å²) in [5.41, 5.74) is 1.66. The van der Waals surface area contributed by atoms with Crippen molar-refractivity contribution in [2.24, 2.45) is 5.92 Å². The van der Waals surface area contributed by atoms with Crippen molar-refractivity contribution in [2.45, 2.75) is 19.8 Å². The molecule has 5 nitrogen and oxygen atoms in total. The number of nitrogens with zero attached hydrogens (tertiary/aromatic N) is 2. The number of ether oxygens (including phenoxy) is 1. The smallest absolute Gasteiger partial charge is 0.310 e. The molecule has 0 saturated carbocycles. The Morgan fingerprint density at radius 2 is 1.88 bits per heavy atom. The lowest BCUT2D eigenvalue weighted by molar-refractivity contribution is -0.149. The van der Waals surface area contributed by atoms with E-state index in [1.807, 2.05) is 53.4 Å². The van der Waals surface area contributed by atoms with E-state index in [1.54, 1.807) is 11.8 Å². The lowest BCUT2D eigenvalue weighted by Crippen LogP contribution is -2.42. The number of hydrogen-bond donors (Lipinski definition) is 0.